The number of hydrogen-bond acceptors (Lipinski definition) is 8. The molecule has 0 unspecified atom stereocenters. The third-order valence-corrected chi connectivity index (χ3v) is 5.71. The van der Waals surface area contributed by atoms with Gasteiger partial charge in [-0.1, -0.05) is 6.07 Å². The van der Waals surface area contributed by atoms with Crippen LogP contribution in [0.3, 0.4) is 0 Å². The van der Waals surface area contributed by atoms with E-state index in [4.69, 9.17) is 30.5 Å². The number of carbonyl (C=O) groups is 3. The SMILES string of the molecule is NC(N)=Nc1ccc2c(c1)CCCOc1c(cccc1C(=O)N(CCO)Cc1coc(C(=O)O)c1)OC2=O. The Morgan fingerprint density at radius 3 is 2.66 bits per heavy atom. The van der Waals surface area contributed by atoms with E-state index in [1.807, 2.05) is 0 Å². The van der Waals surface area contributed by atoms with Gasteiger partial charge >= 0.3 is 11.9 Å². The molecule has 12 nitrogen and oxygen atoms in total. The van der Waals surface area contributed by atoms with Crippen LogP contribution in [0.4, 0.5) is 5.69 Å². The fourth-order valence-corrected chi connectivity index (χ4v) is 4.04. The number of nitrogens with two attached hydrogens (primary N) is 2. The number of carboxylic acids is 1. The summed E-state index contributed by atoms with van der Waals surface area (Å²) in [6.07, 6.45) is 2.21. The number of aliphatic imine (C=N–C) groups is 1. The van der Waals surface area contributed by atoms with Gasteiger partial charge in [-0.3, -0.25) is 4.79 Å². The van der Waals surface area contributed by atoms with Gasteiger partial charge in [-0.2, -0.15) is 0 Å². The largest absolute Gasteiger partial charge is 0.489 e. The van der Waals surface area contributed by atoms with Crippen LogP contribution in [0.15, 0.2) is 58.1 Å². The zero-order valence-electron chi connectivity index (χ0n) is 20.3. The summed E-state index contributed by atoms with van der Waals surface area (Å²) in [4.78, 5) is 43.1. The van der Waals surface area contributed by atoms with Gasteiger partial charge in [-0.05, 0) is 54.8 Å². The summed E-state index contributed by atoms with van der Waals surface area (Å²) >= 11 is 0. The lowest BCUT2D eigenvalue weighted by Crippen LogP contribution is -2.33. The minimum Gasteiger partial charge on any atom is -0.489 e. The van der Waals surface area contributed by atoms with E-state index in [0.717, 1.165) is 0 Å². The van der Waals surface area contributed by atoms with Crippen molar-refractivity contribution in [1.29, 1.82) is 0 Å². The number of amides is 1. The molecule has 2 aromatic carbocycles. The Balaban J connectivity index is 1.64. The van der Waals surface area contributed by atoms with Gasteiger partial charge in [-0.15, -0.1) is 0 Å². The first-order valence-corrected chi connectivity index (χ1v) is 11.7. The maximum Gasteiger partial charge on any atom is 0.371 e. The van der Waals surface area contributed by atoms with Crippen molar-refractivity contribution < 1.29 is 38.5 Å². The van der Waals surface area contributed by atoms with Gasteiger partial charge in [-0.25, -0.2) is 14.6 Å². The number of carboxylic acid groups (broad SMARTS) is 1. The molecule has 2 heterocycles. The second kappa shape index (κ2) is 11.5. The number of rotatable bonds is 7. The summed E-state index contributed by atoms with van der Waals surface area (Å²) < 4.78 is 16.6. The van der Waals surface area contributed by atoms with Crippen LogP contribution in [0, 0.1) is 0 Å². The number of aliphatic hydroxyl groups is 1. The third-order valence-electron chi connectivity index (χ3n) is 5.71. The monoisotopic (exact) mass is 522 g/mol. The van der Waals surface area contributed by atoms with Crippen molar-refractivity contribution in [2.24, 2.45) is 16.5 Å². The van der Waals surface area contributed by atoms with Gasteiger partial charge in [0, 0.05) is 18.7 Å². The smallest absolute Gasteiger partial charge is 0.371 e. The highest BCUT2D eigenvalue weighted by Gasteiger charge is 2.26. The predicted molar refractivity (Wildman–Crippen MR) is 135 cm³/mol. The van der Waals surface area contributed by atoms with Crippen molar-refractivity contribution >= 4 is 29.5 Å². The number of aryl methyl sites for hydroxylation is 1. The first kappa shape index (κ1) is 26.2. The van der Waals surface area contributed by atoms with Crippen molar-refractivity contribution in [3.05, 3.63) is 76.7 Å². The molecule has 1 aliphatic rings. The highest BCUT2D eigenvalue weighted by atomic mass is 16.6. The van der Waals surface area contributed by atoms with Crippen molar-refractivity contribution in [3.8, 4) is 11.5 Å². The second-order valence-corrected chi connectivity index (χ2v) is 8.43. The molecule has 0 saturated carbocycles. The Bertz CT molecular complexity index is 1390. The van der Waals surface area contributed by atoms with Crippen LogP contribution in [0.2, 0.25) is 0 Å². The van der Waals surface area contributed by atoms with Gasteiger partial charge in [0.15, 0.2) is 17.5 Å². The zero-order chi connectivity index (χ0) is 27.2. The maximum atomic E-state index is 13.5. The minimum atomic E-state index is -1.24. The average Bonchev–Trinajstić information content (AvgIpc) is 3.35. The summed E-state index contributed by atoms with van der Waals surface area (Å²) in [5, 5.41) is 18.6. The summed E-state index contributed by atoms with van der Waals surface area (Å²) in [7, 11) is 0. The molecule has 0 aliphatic carbocycles. The van der Waals surface area contributed by atoms with Crippen LogP contribution in [-0.2, 0) is 13.0 Å². The Morgan fingerprint density at radius 2 is 1.95 bits per heavy atom. The molecule has 0 bridgehead atoms. The number of ether oxygens (including phenoxy) is 2. The fraction of sp³-hybridized carbons (Fsp3) is 0.231. The van der Waals surface area contributed by atoms with Crippen LogP contribution >= 0.6 is 0 Å². The number of carbonyl (C=O) groups excluding carboxylic acids is 2. The summed E-state index contributed by atoms with van der Waals surface area (Å²) in [5.74, 6) is -2.61. The normalized spacial score (nSPS) is 12.8. The topological polar surface area (TPSA) is 191 Å². The van der Waals surface area contributed by atoms with Crippen molar-refractivity contribution in [2.45, 2.75) is 19.4 Å². The van der Waals surface area contributed by atoms with Gasteiger partial charge in [0.2, 0.25) is 5.76 Å². The lowest BCUT2D eigenvalue weighted by molar-refractivity contribution is 0.0660. The van der Waals surface area contributed by atoms with E-state index in [9.17, 15) is 19.5 Å². The molecule has 0 atom stereocenters. The third kappa shape index (κ3) is 5.93. The van der Waals surface area contributed by atoms with Crippen LogP contribution in [0.25, 0.3) is 0 Å². The van der Waals surface area contributed by atoms with Crippen LogP contribution in [-0.4, -0.2) is 58.7 Å². The average molecular weight is 523 g/mol. The first-order valence-electron chi connectivity index (χ1n) is 11.7. The fourth-order valence-electron chi connectivity index (χ4n) is 4.04. The molecular formula is C26H26N4O8. The molecule has 3 aromatic rings. The molecule has 4 rings (SSSR count). The van der Waals surface area contributed by atoms with Crippen LogP contribution in [0.5, 0.6) is 11.5 Å². The van der Waals surface area contributed by atoms with Crippen LogP contribution < -0.4 is 20.9 Å². The molecule has 198 valence electrons. The number of hydrogen-bond donors (Lipinski definition) is 4. The first-order chi connectivity index (χ1) is 18.3. The maximum absolute atomic E-state index is 13.5. The number of guanidine groups is 1. The molecule has 1 amide bonds. The van der Waals surface area contributed by atoms with Gasteiger partial charge in [0.05, 0.1) is 36.3 Å². The van der Waals surface area contributed by atoms with E-state index in [1.165, 1.54) is 29.4 Å². The molecule has 12 heteroatoms. The molecule has 6 N–H and O–H groups in total. The second-order valence-electron chi connectivity index (χ2n) is 8.43. The summed E-state index contributed by atoms with van der Waals surface area (Å²) in [6, 6.07) is 10.8. The minimum absolute atomic E-state index is 0.0227. The molecule has 0 radical (unpaired) electrons. The number of benzene rings is 2. The number of aromatic carboxylic acids is 1. The van der Waals surface area contributed by atoms with Crippen molar-refractivity contribution in [2.75, 3.05) is 19.8 Å². The lowest BCUT2D eigenvalue weighted by atomic mass is 10.0. The van der Waals surface area contributed by atoms with E-state index in [1.54, 1.807) is 24.3 Å². The van der Waals surface area contributed by atoms with Crippen molar-refractivity contribution in [3.63, 3.8) is 0 Å². The highest BCUT2D eigenvalue weighted by molar-refractivity contribution is 5.99. The van der Waals surface area contributed by atoms with Crippen molar-refractivity contribution in [1.82, 2.24) is 4.90 Å². The van der Waals surface area contributed by atoms with Gasteiger partial charge in [0.1, 0.15) is 0 Å². The van der Waals surface area contributed by atoms with Gasteiger partial charge in [0.25, 0.3) is 5.91 Å². The molecule has 38 heavy (non-hydrogen) atoms. The van der Waals surface area contributed by atoms with E-state index in [0.29, 0.717) is 35.2 Å². The zero-order valence-corrected chi connectivity index (χ0v) is 20.3. The number of para-hydroxylation sites is 1. The quantitative estimate of drug-likeness (QED) is 0.155. The Labute approximate surface area is 217 Å². The number of furan rings is 1. The Hall–Kier alpha value is -4.84. The van der Waals surface area contributed by atoms with E-state index in [2.05, 4.69) is 4.99 Å². The number of fused-ring (bicyclic) bond motifs is 2. The molecule has 0 saturated heterocycles. The number of esters is 1. The molecule has 0 spiro atoms. The van der Waals surface area contributed by atoms with Crippen LogP contribution in [0.1, 0.15) is 48.8 Å². The molecule has 0 fully saturated rings. The number of nitrogens with zero attached hydrogens (tertiary/aromatic N) is 2. The Kier molecular flexibility index (Phi) is 7.92. The van der Waals surface area contributed by atoms with E-state index in [-0.39, 0.29) is 55.1 Å². The number of aliphatic hydroxyl groups excluding tert-OH is 1. The summed E-state index contributed by atoms with van der Waals surface area (Å²) in [6.45, 7) is -0.185. The standard InChI is InChI=1S/C26H26N4O8/c27-26(28)29-17-6-7-18-16(12-17)3-2-10-36-22-19(4-1-5-20(22)38-25(18)35)23(32)30(8-9-31)13-15-11-21(24(33)34)37-14-15/h1,4-7,11-12,14,31H,2-3,8-10,13H2,(H,33,34)(H4,27,28,29). The molecule has 1 aliphatic heterocycles. The summed E-state index contributed by atoms with van der Waals surface area (Å²) in [5.41, 5.74) is 13.0. The predicted octanol–water partition coefficient (Wildman–Crippen LogP) is 2.06. The highest BCUT2D eigenvalue weighted by Crippen LogP contribution is 2.35. The Morgan fingerprint density at radius 1 is 1.13 bits per heavy atom. The van der Waals surface area contributed by atoms with Gasteiger partial charge < -0.3 is 40.5 Å². The van der Waals surface area contributed by atoms with E-state index >= 15 is 0 Å². The molecule has 1 aromatic heterocycles. The molecular weight excluding hydrogens is 496 g/mol. The van der Waals surface area contributed by atoms with E-state index < -0.39 is 17.8 Å². The lowest BCUT2D eigenvalue weighted by Gasteiger charge is -2.24.